The summed E-state index contributed by atoms with van der Waals surface area (Å²) in [5.41, 5.74) is 15.2. The Labute approximate surface area is 207 Å². The van der Waals surface area contributed by atoms with Crippen LogP contribution in [0.4, 0.5) is 5.69 Å². The van der Waals surface area contributed by atoms with Gasteiger partial charge in [0.25, 0.3) is 0 Å². The first-order valence-electron chi connectivity index (χ1n) is 11.2. The average molecular weight is 494 g/mol. The van der Waals surface area contributed by atoms with Gasteiger partial charge in [0.05, 0.1) is 12.5 Å². The second-order valence-electron chi connectivity index (χ2n) is 8.66. The van der Waals surface area contributed by atoms with Crippen molar-refractivity contribution in [2.75, 3.05) is 12.8 Å². The highest BCUT2D eigenvalue weighted by atomic mass is 16.5. The van der Waals surface area contributed by atoms with Crippen LogP contribution >= 0.6 is 0 Å². The minimum atomic E-state index is -0.927. The Balaban J connectivity index is 2.17. The summed E-state index contributed by atoms with van der Waals surface area (Å²) in [7, 11) is 1.47. The largest absolute Gasteiger partial charge is 0.507 e. The Bertz CT molecular complexity index is 1400. The summed E-state index contributed by atoms with van der Waals surface area (Å²) in [6.45, 7) is 4.33. The van der Waals surface area contributed by atoms with Gasteiger partial charge >= 0.3 is 11.9 Å². The lowest BCUT2D eigenvalue weighted by atomic mass is 9.83. The van der Waals surface area contributed by atoms with Crippen LogP contribution in [-0.2, 0) is 20.8 Å². The van der Waals surface area contributed by atoms with E-state index in [9.17, 15) is 19.5 Å². The van der Waals surface area contributed by atoms with Gasteiger partial charge in [-0.15, -0.1) is 0 Å². The van der Waals surface area contributed by atoms with Gasteiger partial charge in [-0.1, -0.05) is 0 Å². The van der Waals surface area contributed by atoms with Gasteiger partial charge in [0, 0.05) is 48.8 Å². The molecule has 2 unspecified atom stereocenters. The molecule has 10 heteroatoms. The van der Waals surface area contributed by atoms with Crippen molar-refractivity contribution >= 4 is 34.8 Å². The third-order valence-corrected chi connectivity index (χ3v) is 6.22. The van der Waals surface area contributed by atoms with Crippen molar-refractivity contribution in [3.8, 4) is 34.1 Å². The molecule has 0 aliphatic carbocycles. The number of anilines is 1. The van der Waals surface area contributed by atoms with Crippen molar-refractivity contribution in [3.63, 3.8) is 0 Å². The molecule has 5 N–H and O–H groups in total. The molecule has 2 atom stereocenters. The smallest absolute Gasteiger partial charge is 0.308 e. The zero-order chi connectivity index (χ0) is 26.3. The lowest BCUT2D eigenvalue weighted by Crippen LogP contribution is -2.45. The summed E-state index contributed by atoms with van der Waals surface area (Å²) in [4.78, 5) is 37.3. The molecule has 188 valence electrons. The van der Waals surface area contributed by atoms with E-state index in [0.717, 1.165) is 0 Å². The van der Waals surface area contributed by atoms with Crippen molar-refractivity contribution < 1.29 is 33.7 Å². The molecule has 3 aromatic carbocycles. The Morgan fingerprint density at radius 1 is 1.08 bits per heavy atom. The van der Waals surface area contributed by atoms with E-state index in [1.54, 1.807) is 18.2 Å². The fraction of sp³-hybridized carbons (Fsp3) is 0.269. The number of nitrogens with zero attached hydrogens (tertiary/aromatic N) is 1. The Kier molecular flexibility index (Phi) is 6.47. The van der Waals surface area contributed by atoms with Crippen LogP contribution in [0.5, 0.6) is 23.0 Å². The average Bonchev–Trinajstić information content (AvgIpc) is 2.78. The molecular formula is C26H27N3O7. The Hall–Kier alpha value is -4.31. The third-order valence-electron chi connectivity index (χ3n) is 6.22. The molecule has 1 amide bonds. The maximum absolute atomic E-state index is 12.1. The van der Waals surface area contributed by atoms with Gasteiger partial charge in [0.15, 0.2) is 0 Å². The number of nitrogen functional groups attached to an aromatic ring is 1. The number of ether oxygens (including phenoxy) is 3. The normalized spacial score (nSPS) is 16.9. The standard InChI is InChI=1S/C26H27N3O7/c1-12-7-18-23(16-5-6-19(33)24-17(16)8-15(27)9-20(24)34-4)21(35-13(2)31)10-22(36-14(3)32)25(18)26(28)29(12)11-30/h5-6,8-12,26,33H,7,27-28H2,1-4H3. The lowest BCUT2D eigenvalue weighted by Gasteiger charge is -2.39. The monoisotopic (exact) mass is 493 g/mol. The lowest BCUT2D eigenvalue weighted by molar-refractivity contribution is -0.132. The van der Waals surface area contributed by atoms with Gasteiger partial charge in [0.1, 0.15) is 29.2 Å². The van der Waals surface area contributed by atoms with Gasteiger partial charge in [-0.3, -0.25) is 14.4 Å². The maximum atomic E-state index is 12.1. The Morgan fingerprint density at radius 3 is 2.36 bits per heavy atom. The quantitative estimate of drug-likeness (QED) is 0.210. The first-order valence-corrected chi connectivity index (χ1v) is 11.2. The summed E-state index contributed by atoms with van der Waals surface area (Å²) in [5, 5.41) is 11.6. The van der Waals surface area contributed by atoms with Crippen molar-refractivity contribution in [3.05, 3.63) is 41.5 Å². The molecule has 1 aliphatic heterocycles. The molecule has 0 radical (unpaired) electrons. The molecule has 36 heavy (non-hydrogen) atoms. The summed E-state index contributed by atoms with van der Waals surface area (Å²) >= 11 is 0. The highest BCUT2D eigenvalue weighted by molar-refractivity contribution is 6.06. The highest BCUT2D eigenvalue weighted by Crippen LogP contribution is 2.50. The molecule has 0 saturated heterocycles. The van der Waals surface area contributed by atoms with E-state index in [2.05, 4.69) is 0 Å². The molecule has 4 rings (SSSR count). The number of amides is 1. The number of carbonyl (C=O) groups is 3. The second kappa shape index (κ2) is 9.38. The first-order chi connectivity index (χ1) is 17.1. The van der Waals surface area contributed by atoms with Crippen molar-refractivity contribution in [1.82, 2.24) is 4.90 Å². The van der Waals surface area contributed by atoms with E-state index in [1.807, 2.05) is 6.92 Å². The van der Waals surface area contributed by atoms with E-state index in [4.69, 9.17) is 25.7 Å². The SMILES string of the molecule is COc1cc(N)cc2c(-c3c(OC(C)=O)cc(OC(C)=O)c4c3CC(C)N(C=O)C4N)ccc(O)c12. The number of hydrogen-bond acceptors (Lipinski definition) is 9. The number of hydrogen-bond donors (Lipinski definition) is 3. The molecule has 1 aliphatic rings. The van der Waals surface area contributed by atoms with Crippen molar-refractivity contribution in [1.29, 1.82) is 0 Å². The number of rotatable bonds is 5. The topological polar surface area (TPSA) is 154 Å². The van der Waals surface area contributed by atoms with E-state index in [0.29, 0.717) is 57.3 Å². The molecule has 0 saturated carbocycles. The van der Waals surface area contributed by atoms with Gasteiger partial charge in [-0.2, -0.15) is 0 Å². The van der Waals surface area contributed by atoms with Crippen molar-refractivity contribution in [2.45, 2.75) is 39.4 Å². The van der Waals surface area contributed by atoms with Crippen LogP contribution in [0, 0.1) is 0 Å². The fourth-order valence-corrected chi connectivity index (χ4v) is 4.83. The first kappa shape index (κ1) is 24.8. The minimum Gasteiger partial charge on any atom is -0.507 e. The molecule has 3 aromatic rings. The molecule has 0 spiro atoms. The number of phenolic OH excluding ortho intramolecular Hbond substituents is 1. The number of methoxy groups -OCH3 is 1. The highest BCUT2D eigenvalue weighted by Gasteiger charge is 2.36. The molecular weight excluding hydrogens is 466 g/mol. The zero-order valence-electron chi connectivity index (χ0n) is 20.3. The fourth-order valence-electron chi connectivity index (χ4n) is 4.83. The van der Waals surface area contributed by atoms with Crippen LogP contribution < -0.4 is 25.7 Å². The number of fused-ring (bicyclic) bond motifs is 2. The maximum Gasteiger partial charge on any atom is 0.308 e. The Morgan fingerprint density at radius 2 is 1.75 bits per heavy atom. The molecule has 0 aromatic heterocycles. The zero-order valence-corrected chi connectivity index (χ0v) is 20.3. The van der Waals surface area contributed by atoms with E-state index < -0.39 is 18.1 Å². The number of nitrogens with two attached hydrogens (primary N) is 2. The molecule has 0 fully saturated rings. The predicted octanol–water partition coefficient (Wildman–Crippen LogP) is 3.01. The second-order valence-corrected chi connectivity index (χ2v) is 8.66. The summed E-state index contributed by atoms with van der Waals surface area (Å²) in [6.07, 6.45) is 0.0444. The van der Waals surface area contributed by atoms with E-state index in [-0.39, 0.29) is 23.3 Å². The molecule has 0 bridgehead atoms. The van der Waals surface area contributed by atoms with E-state index in [1.165, 1.54) is 38.0 Å². The number of esters is 2. The number of benzene rings is 3. The summed E-state index contributed by atoms with van der Waals surface area (Å²) < 4.78 is 16.5. The van der Waals surface area contributed by atoms with Crippen LogP contribution in [0.1, 0.15) is 38.1 Å². The van der Waals surface area contributed by atoms with Gasteiger partial charge in [-0.05, 0) is 48.1 Å². The predicted molar refractivity (Wildman–Crippen MR) is 133 cm³/mol. The summed E-state index contributed by atoms with van der Waals surface area (Å²) in [5.74, 6) is -0.639. The van der Waals surface area contributed by atoms with Crippen molar-refractivity contribution in [2.24, 2.45) is 5.73 Å². The van der Waals surface area contributed by atoms with E-state index >= 15 is 0 Å². The van der Waals surface area contributed by atoms with Crippen LogP contribution in [0.25, 0.3) is 21.9 Å². The van der Waals surface area contributed by atoms with Crippen LogP contribution in [0.3, 0.4) is 0 Å². The van der Waals surface area contributed by atoms with Gasteiger partial charge in [-0.25, -0.2) is 0 Å². The number of aromatic hydroxyl groups is 1. The van der Waals surface area contributed by atoms with Gasteiger partial charge in [0.2, 0.25) is 6.41 Å². The summed E-state index contributed by atoms with van der Waals surface area (Å²) in [6, 6.07) is 7.55. The third kappa shape index (κ3) is 4.16. The minimum absolute atomic E-state index is 0.0257. The number of phenols is 1. The van der Waals surface area contributed by atoms with Crippen LogP contribution in [-0.4, -0.2) is 41.5 Å². The number of carbonyl (C=O) groups excluding carboxylic acids is 3. The van der Waals surface area contributed by atoms with Crippen LogP contribution in [0.2, 0.25) is 0 Å². The molecule has 1 heterocycles. The molecule has 10 nitrogen and oxygen atoms in total. The van der Waals surface area contributed by atoms with Crippen LogP contribution in [0.15, 0.2) is 30.3 Å². The van der Waals surface area contributed by atoms with Gasteiger partial charge < -0.3 is 35.7 Å².